The van der Waals surface area contributed by atoms with Crippen molar-refractivity contribution >= 4 is 21.8 Å². The van der Waals surface area contributed by atoms with Crippen LogP contribution in [0.5, 0.6) is 0 Å². The van der Waals surface area contributed by atoms with Crippen molar-refractivity contribution < 1.29 is 9.47 Å². The third kappa shape index (κ3) is 1.79. The molecule has 0 radical (unpaired) electrons. The van der Waals surface area contributed by atoms with Gasteiger partial charge in [0.2, 0.25) is 17.1 Å². The van der Waals surface area contributed by atoms with Gasteiger partial charge in [-0.1, -0.05) is 34.5 Å². The summed E-state index contributed by atoms with van der Waals surface area (Å²) < 4.78 is 13.0. The highest BCUT2D eigenvalue weighted by molar-refractivity contribution is 9.10. The fraction of sp³-hybridized carbons (Fsp3) is 0.474. The van der Waals surface area contributed by atoms with Gasteiger partial charge in [-0.2, -0.15) is 15.8 Å². The van der Waals surface area contributed by atoms with E-state index in [2.05, 4.69) is 34.1 Å². The third-order valence-electron chi connectivity index (χ3n) is 5.99. The van der Waals surface area contributed by atoms with Crippen molar-refractivity contribution in [3.8, 4) is 18.2 Å². The van der Waals surface area contributed by atoms with Crippen molar-refractivity contribution in [2.24, 2.45) is 16.7 Å². The second kappa shape index (κ2) is 5.55. The lowest BCUT2D eigenvalue weighted by Gasteiger charge is -2.51. The van der Waals surface area contributed by atoms with Gasteiger partial charge in [0, 0.05) is 10.9 Å². The smallest absolute Gasteiger partial charge is 0.217 e. The predicted octanol–water partition coefficient (Wildman–Crippen LogP) is 3.96. The van der Waals surface area contributed by atoms with Crippen LogP contribution in [-0.4, -0.2) is 11.7 Å². The Morgan fingerprint density at radius 3 is 2.38 bits per heavy atom. The molecule has 2 bridgehead atoms. The minimum absolute atomic E-state index is 0.311. The van der Waals surface area contributed by atoms with Gasteiger partial charge in [0.1, 0.15) is 6.10 Å². The molecule has 7 heteroatoms. The van der Waals surface area contributed by atoms with Gasteiger partial charge in [-0.3, -0.25) is 5.41 Å². The number of nitrogens with one attached hydrogen (secondary N) is 1. The molecule has 0 amide bonds. The summed E-state index contributed by atoms with van der Waals surface area (Å²) in [4.78, 5) is 0. The first-order valence-electron chi connectivity index (χ1n) is 8.45. The molecular weight excluding hydrogens is 396 g/mol. The minimum atomic E-state index is -1.85. The molecule has 2 aliphatic heterocycles. The molecule has 26 heavy (non-hydrogen) atoms. The SMILES string of the molecule is N#CC1(C#N)C(c2ccc(Br)cc2)OC23CCCCC2C1(C#N)C(=N)O3. The van der Waals surface area contributed by atoms with Crippen LogP contribution in [0, 0.1) is 56.2 Å². The van der Waals surface area contributed by atoms with Crippen LogP contribution in [0.25, 0.3) is 0 Å². The van der Waals surface area contributed by atoms with Crippen molar-refractivity contribution in [2.75, 3.05) is 0 Å². The van der Waals surface area contributed by atoms with Gasteiger partial charge in [0.15, 0.2) is 5.41 Å². The summed E-state index contributed by atoms with van der Waals surface area (Å²) in [6.45, 7) is 0. The van der Waals surface area contributed by atoms with E-state index < -0.39 is 28.6 Å². The second-order valence-corrected chi connectivity index (χ2v) is 7.96. The van der Waals surface area contributed by atoms with Crippen molar-refractivity contribution in [2.45, 2.75) is 37.6 Å². The van der Waals surface area contributed by atoms with Crippen LogP contribution in [0.2, 0.25) is 0 Å². The molecule has 6 nitrogen and oxygen atoms in total. The number of hydrogen-bond acceptors (Lipinski definition) is 6. The Labute approximate surface area is 159 Å². The Morgan fingerprint density at radius 1 is 1.08 bits per heavy atom. The molecule has 0 spiro atoms. The van der Waals surface area contributed by atoms with Crippen LogP contribution < -0.4 is 0 Å². The average molecular weight is 411 g/mol. The summed E-state index contributed by atoms with van der Waals surface area (Å²) in [6.07, 6.45) is 1.87. The average Bonchev–Trinajstić information content (AvgIpc) is 2.87. The molecule has 4 unspecified atom stereocenters. The maximum absolute atomic E-state index is 10.1. The first-order chi connectivity index (χ1) is 12.5. The number of nitrogens with zero attached hydrogens (tertiary/aromatic N) is 3. The standard InChI is InChI=1S/C19H15BrN4O2/c20-13-6-4-12(5-7-13)15-17(9-21,10-22)18(11-23)14-3-1-2-8-19(14,25-15)26-16(18)24/h4-7,14-15,24H,1-3,8H2. The van der Waals surface area contributed by atoms with E-state index in [4.69, 9.17) is 14.9 Å². The Kier molecular flexibility index (Phi) is 3.63. The Hall–Kier alpha value is -2.40. The fourth-order valence-electron chi connectivity index (χ4n) is 4.80. The number of halogens is 1. The lowest BCUT2D eigenvalue weighted by atomic mass is 9.51. The summed E-state index contributed by atoms with van der Waals surface area (Å²) in [5, 5.41) is 38.7. The van der Waals surface area contributed by atoms with Gasteiger partial charge in [0.25, 0.3) is 0 Å². The van der Waals surface area contributed by atoms with E-state index in [0.29, 0.717) is 18.4 Å². The molecule has 1 aromatic carbocycles. The van der Waals surface area contributed by atoms with Crippen molar-refractivity contribution in [3.63, 3.8) is 0 Å². The lowest BCUT2D eigenvalue weighted by molar-refractivity contribution is -0.294. The maximum atomic E-state index is 10.1. The number of ether oxygens (including phenoxy) is 2. The highest BCUT2D eigenvalue weighted by Gasteiger charge is 2.80. The Balaban J connectivity index is 1.99. The van der Waals surface area contributed by atoms with Gasteiger partial charge in [-0.15, -0.1) is 0 Å². The summed E-state index contributed by atoms with van der Waals surface area (Å²) in [6, 6.07) is 13.5. The van der Waals surface area contributed by atoms with Crippen molar-refractivity contribution in [1.29, 1.82) is 21.2 Å². The van der Waals surface area contributed by atoms with E-state index in [1.807, 2.05) is 0 Å². The van der Waals surface area contributed by atoms with Crippen LogP contribution >= 0.6 is 15.9 Å². The molecular formula is C19H15BrN4O2. The molecule has 1 saturated carbocycles. The largest absolute Gasteiger partial charge is 0.447 e. The quantitative estimate of drug-likeness (QED) is 0.752. The first-order valence-corrected chi connectivity index (χ1v) is 9.24. The summed E-state index contributed by atoms with van der Waals surface area (Å²) in [5.74, 6) is -1.91. The summed E-state index contributed by atoms with van der Waals surface area (Å²) in [5.41, 5.74) is -2.86. The summed E-state index contributed by atoms with van der Waals surface area (Å²) in [7, 11) is 0. The van der Waals surface area contributed by atoms with Gasteiger partial charge in [-0.05, 0) is 30.5 Å². The van der Waals surface area contributed by atoms with E-state index >= 15 is 0 Å². The monoisotopic (exact) mass is 410 g/mol. The zero-order chi connectivity index (χ0) is 18.6. The highest BCUT2D eigenvalue weighted by atomic mass is 79.9. The van der Waals surface area contributed by atoms with E-state index in [0.717, 1.165) is 17.3 Å². The van der Waals surface area contributed by atoms with Crippen LogP contribution in [-0.2, 0) is 9.47 Å². The number of hydrogen-bond donors (Lipinski definition) is 1. The number of nitriles is 3. The molecule has 1 aromatic rings. The first kappa shape index (κ1) is 17.0. The topological polar surface area (TPSA) is 114 Å². The van der Waals surface area contributed by atoms with E-state index in [-0.39, 0.29) is 5.90 Å². The molecule has 4 rings (SSSR count). The van der Waals surface area contributed by atoms with Crippen molar-refractivity contribution in [1.82, 2.24) is 0 Å². The highest BCUT2D eigenvalue weighted by Crippen LogP contribution is 2.69. The van der Waals surface area contributed by atoms with E-state index in [9.17, 15) is 15.8 Å². The van der Waals surface area contributed by atoms with Gasteiger partial charge in [0.05, 0.1) is 24.1 Å². The second-order valence-electron chi connectivity index (χ2n) is 7.04. The zero-order valence-corrected chi connectivity index (χ0v) is 15.4. The Morgan fingerprint density at radius 2 is 1.77 bits per heavy atom. The summed E-state index contributed by atoms with van der Waals surface area (Å²) >= 11 is 3.37. The zero-order valence-electron chi connectivity index (χ0n) is 13.8. The third-order valence-corrected chi connectivity index (χ3v) is 6.52. The van der Waals surface area contributed by atoms with Gasteiger partial charge in [-0.25, -0.2) is 0 Å². The Bertz CT molecular complexity index is 895. The van der Waals surface area contributed by atoms with Gasteiger partial charge >= 0.3 is 0 Å². The molecule has 4 atom stereocenters. The van der Waals surface area contributed by atoms with Crippen LogP contribution in [0.3, 0.4) is 0 Å². The fourth-order valence-corrected chi connectivity index (χ4v) is 5.06. The number of benzene rings is 1. The molecule has 2 saturated heterocycles. The molecule has 2 heterocycles. The minimum Gasteiger partial charge on any atom is -0.447 e. The normalized spacial score (nSPS) is 36.8. The molecule has 0 aromatic heterocycles. The lowest BCUT2D eigenvalue weighted by Crippen LogP contribution is -2.60. The van der Waals surface area contributed by atoms with Gasteiger partial charge < -0.3 is 9.47 Å². The van der Waals surface area contributed by atoms with Crippen LogP contribution in [0.1, 0.15) is 37.4 Å². The van der Waals surface area contributed by atoms with E-state index in [1.165, 1.54) is 0 Å². The molecule has 1 N–H and O–H groups in total. The molecule has 130 valence electrons. The van der Waals surface area contributed by atoms with Crippen molar-refractivity contribution in [3.05, 3.63) is 34.3 Å². The molecule has 1 aliphatic carbocycles. The van der Waals surface area contributed by atoms with E-state index in [1.54, 1.807) is 24.3 Å². The molecule has 3 aliphatic rings. The maximum Gasteiger partial charge on any atom is 0.217 e. The van der Waals surface area contributed by atoms with Crippen LogP contribution in [0.15, 0.2) is 28.7 Å². The van der Waals surface area contributed by atoms with Crippen LogP contribution in [0.4, 0.5) is 0 Å². The number of rotatable bonds is 1. The predicted molar refractivity (Wildman–Crippen MR) is 93.2 cm³/mol. The molecule has 3 fully saturated rings.